The molecule has 2 aliphatic heterocycles. The lowest BCUT2D eigenvalue weighted by Crippen LogP contribution is -2.36. The third kappa shape index (κ3) is 3.61. The summed E-state index contributed by atoms with van der Waals surface area (Å²) in [4.78, 5) is 26.9. The second kappa shape index (κ2) is 6.69. The molecule has 1 aromatic rings. The summed E-state index contributed by atoms with van der Waals surface area (Å²) in [5.41, 5.74) is -0.386. The first kappa shape index (κ1) is 15.3. The van der Waals surface area contributed by atoms with Gasteiger partial charge in [0.25, 0.3) is 0 Å². The average Bonchev–Trinajstić information content (AvgIpc) is 3.07. The van der Waals surface area contributed by atoms with E-state index < -0.39 is 0 Å². The number of ether oxygens (including phenoxy) is 1. The summed E-state index contributed by atoms with van der Waals surface area (Å²) in [7, 11) is 0. The predicted molar refractivity (Wildman–Crippen MR) is 84.9 cm³/mol. The van der Waals surface area contributed by atoms with Crippen LogP contribution in [-0.4, -0.2) is 42.1 Å². The molecule has 0 unspecified atom stereocenters. The summed E-state index contributed by atoms with van der Waals surface area (Å²) in [5, 5.41) is 4.81. The molecule has 1 N–H and O–H groups in total. The Morgan fingerprint density at radius 2 is 2.32 bits per heavy atom. The quantitative estimate of drug-likeness (QED) is 0.927. The van der Waals surface area contributed by atoms with Crippen molar-refractivity contribution in [3.05, 3.63) is 22.4 Å². The normalized spacial score (nSPS) is 24.9. The third-order valence-electron chi connectivity index (χ3n) is 4.51. The van der Waals surface area contributed by atoms with Crippen molar-refractivity contribution >= 4 is 23.3 Å². The predicted octanol–water partition coefficient (Wildman–Crippen LogP) is 2.56. The van der Waals surface area contributed by atoms with E-state index in [4.69, 9.17) is 4.74 Å². The van der Waals surface area contributed by atoms with Crippen LogP contribution in [-0.2, 0) is 16.0 Å². The van der Waals surface area contributed by atoms with Crippen LogP contribution in [0.3, 0.4) is 0 Å². The number of hydrogen-bond donors (Lipinski definition) is 1. The molecular formula is C16H22N2O3S. The van der Waals surface area contributed by atoms with Gasteiger partial charge in [-0.15, -0.1) is 11.3 Å². The number of aryl methyl sites for hydroxylation is 1. The van der Waals surface area contributed by atoms with Crippen LogP contribution < -0.4 is 5.32 Å². The maximum atomic E-state index is 12.4. The Kier molecular flexibility index (Phi) is 4.66. The monoisotopic (exact) mass is 322 g/mol. The first-order valence-electron chi connectivity index (χ1n) is 7.94. The smallest absolute Gasteiger partial charge is 0.407 e. The number of hydrogen-bond acceptors (Lipinski definition) is 4. The summed E-state index contributed by atoms with van der Waals surface area (Å²) in [6.07, 6.45) is 4.62. The Morgan fingerprint density at radius 1 is 1.41 bits per heavy atom. The fourth-order valence-electron chi connectivity index (χ4n) is 3.22. The van der Waals surface area contributed by atoms with Gasteiger partial charge in [-0.2, -0.15) is 0 Å². The molecule has 0 aliphatic carbocycles. The molecule has 0 aromatic carbocycles. The molecule has 2 aliphatic rings. The minimum Gasteiger partial charge on any atom is -0.441 e. The molecule has 1 spiro atoms. The molecule has 0 saturated carbocycles. The highest BCUT2D eigenvalue weighted by Gasteiger charge is 2.41. The summed E-state index contributed by atoms with van der Waals surface area (Å²) in [6, 6.07) is 4.17. The Labute approximate surface area is 134 Å². The van der Waals surface area contributed by atoms with Gasteiger partial charge < -0.3 is 15.0 Å². The number of nitrogens with zero attached hydrogens (tertiary/aromatic N) is 1. The minimum absolute atomic E-state index is 0.228. The van der Waals surface area contributed by atoms with Crippen molar-refractivity contribution in [3.63, 3.8) is 0 Å². The summed E-state index contributed by atoms with van der Waals surface area (Å²) < 4.78 is 5.44. The molecule has 2 fully saturated rings. The molecule has 6 heteroatoms. The van der Waals surface area contributed by atoms with E-state index in [1.54, 1.807) is 11.3 Å². The Balaban J connectivity index is 1.46. The van der Waals surface area contributed by atoms with Crippen LogP contribution >= 0.6 is 11.3 Å². The van der Waals surface area contributed by atoms with Gasteiger partial charge in [0.2, 0.25) is 5.91 Å². The molecule has 120 valence electrons. The SMILES string of the molecule is O=C1NC[C@]2(CCCN(C(=O)CCCc3cccs3)CC2)O1. The van der Waals surface area contributed by atoms with Crippen LogP contribution in [0.2, 0.25) is 0 Å². The number of carbonyl (C=O) groups excluding carboxylic acids is 2. The van der Waals surface area contributed by atoms with Gasteiger partial charge in [0.15, 0.2) is 0 Å². The van der Waals surface area contributed by atoms with Crippen molar-refractivity contribution < 1.29 is 14.3 Å². The lowest BCUT2D eigenvalue weighted by molar-refractivity contribution is -0.131. The van der Waals surface area contributed by atoms with Crippen molar-refractivity contribution in [1.82, 2.24) is 10.2 Å². The summed E-state index contributed by atoms with van der Waals surface area (Å²) in [5.74, 6) is 0.228. The van der Waals surface area contributed by atoms with Crippen molar-refractivity contribution in [2.24, 2.45) is 0 Å². The first-order chi connectivity index (χ1) is 10.7. The lowest BCUT2D eigenvalue weighted by atomic mass is 9.95. The van der Waals surface area contributed by atoms with Crippen LogP contribution in [0.4, 0.5) is 4.79 Å². The lowest BCUT2D eigenvalue weighted by Gasteiger charge is -2.25. The molecule has 5 nitrogen and oxygen atoms in total. The number of amides is 2. The van der Waals surface area contributed by atoms with Crippen molar-refractivity contribution in [3.8, 4) is 0 Å². The zero-order chi connectivity index (χ0) is 15.4. The van der Waals surface area contributed by atoms with Gasteiger partial charge >= 0.3 is 6.09 Å². The van der Waals surface area contributed by atoms with Crippen molar-refractivity contribution in [2.75, 3.05) is 19.6 Å². The van der Waals surface area contributed by atoms with Crippen molar-refractivity contribution in [1.29, 1.82) is 0 Å². The van der Waals surface area contributed by atoms with Crippen LogP contribution in [0.1, 0.15) is 37.0 Å². The number of alkyl carbamates (subject to hydrolysis) is 1. The van der Waals surface area contributed by atoms with E-state index in [-0.39, 0.29) is 17.6 Å². The largest absolute Gasteiger partial charge is 0.441 e. The van der Waals surface area contributed by atoms with E-state index in [9.17, 15) is 9.59 Å². The van der Waals surface area contributed by atoms with E-state index in [0.717, 1.165) is 38.6 Å². The molecule has 2 saturated heterocycles. The maximum absolute atomic E-state index is 12.4. The topological polar surface area (TPSA) is 58.6 Å². The number of carbonyl (C=O) groups is 2. The van der Waals surface area contributed by atoms with Crippen LogP contribution in [0.5, 0.6) is 0 Å². The van der Waals surface area contributed by atoms with Crippen molar-refractivity contribution in [2.45, 2.75) is 44.1 Å². The number of rotatable bonds is 4. The van der Waals surface area contributed by atoms with Gasteiger partial charge in [0, 0.05) is 30.8 Å². The highest BCUT2D eigenvalue weighted by atomic mass is 32.1. The summed E-state index contributed by atoms with van der Waals surface area (Å²) in [6.45, 7) is 2.04. The number of thiophene rings is 1. The minimum atomic E-state index is -0.386. The van der Waals surface area contributed by atoms with E-state index in [0.29, 0.717) is 19.5 Å². The maximum Gasteiger partial charge on any atom is 0.407 e. The second-order valence-corrected chi connectivity index (χ2v) is 7.13. The fraction of sp³-hybridized carbons (Fsp3) is 0.625. The zero-order valence-corrected chi connectivity index (χ0v) is 13.5. The van der Waals surface area contributed by atoms with Gasteiger partial charge in [0.1, 0.15) is 5.60 Å². The molecule has 3 heterocycles. The van der Waals surface area contributed by atoms with E-state index >= 15 is 0 Å². The van der Waals surface area contributed by atoms with E-state index in [2.05, 4.69) is 16.8 Å². The van der Waals surface area contributed by atoms with Crippen LogP contribution in [0.15, 0.2) is 17.5 Å². The number of likely N-dealkylation sites (tertiary alicyclic amines) is 1. The Bertz CT molecular complexity index is 532. The van der Waals surface area contributed by atoms with Gasteiger partial charge in [0.05, 0.1) is 6.54 Å². The standard InChI is InChI=1S/C16H22N2O3S/c19-14(6-1-4-13-5-2-11-22-13)18-9-3-7-16(8-10-18)12-17-15(20)21-16/h2,5,11H,1,3-4,6-10,12H2,(H,17,20)/t16-/m1/s1. The Morgan fingerprint density at radius 3 is 3.05 bits per heavy atom. The molecule has 2 amide bonds. The average molecular weight is 322 g/mol. The number of nitrogens with one attached hydrogen (secondary N) is 1. The van der Waals surface area contributed by atoms with Gasteiger partial charge in [-0.1, -0.05) is 6.07 Å². The van der Waals surface area contributed by atoms with E-state index in [1.807, 2.05) is 11.0 Å². The van der Waals surface area contributed by atoms with Crippen LogP contribution in [0.25, 0.3) is 0 Å². The molecule has 1 aromatic heterocycles. The second-order valence-electron chi connectivity index (χ2n) is 6.09. The van der Waals surface area contributed by atoms with Gasteiger partial charge in [-0.3, -0.25) is 4.79 Å². The molecule has 0 bridgehead atoms. The zero-order valence-electron chi connectivity index (χ0n) is 12.7. The van der Waals surface area contributed by atoms with E-state index in [1.165, 1.54) is 4.88 Å². The highest BCUT2D eigenvalue weighted by molar-refractivity contribution is 7.09. The third-order valence-corrected chi connectivity index (χ3v) is 5.44. The van der Waals surface area contributed by atoms with Gasteiger partial charge in [-0.25, -0.2) is 4.79 Å². The Hall–Kier alpha value is -1.56. The molecule has 3 rings (SSSR count). The summed E-state index contributed by atoms with van der Waals surface area (Å²) >= 11 is 1.75. The van der Waals surface area contributed by atoms with Crippen LogP contribution in [0, 0.1) is 0 Å². The molecular weight excluding hydrogens is 300 g/mol. The van der Waals surface area contributed by atoms with Gasteiger partial charge in [-0.05, 0) is 37.1 Å². The fourth-order valence-corrected chi connectivity index (χ4v) is 3.98. The highest BCUT2D eigenvalue weighted by Crippen LogP contribution is 2.29. The molecule has 1 atom stereocenters. The first-order valence-corrected chi connectivity index (χ1v) is 8.82. The molecule has 22 heavy (non-hydrogen) atoms. The molecule has 0 radical (unpaired) electrons.